The molecule has 3 rings (SSSR count). The summed E-state index contributed by atoms with van der Waals surface area (Å²) in [5, 5.41) is 0. The van der Waals surface area contributed by atoms with E-state index in [0.717, 1.165) is 36.0 Å². The Hall–Kier alpha value is -1.46. The van der Waals surface area contributed by atoms with Crippen LogP contribution in [-0.2, 0) is 14.8 Å². The zero-order chi connectivity index (χ0) is 16.6. The number of ketones is 1. The Labute approximate surface area is 138 Å². The highest BCUT2D eigenvalue weighted by Gasteiger charge is 2.42. The van der Waals surface area contributed by atoms with Crippen LogP contribution in [0.1, 0.15) is 38.2 Å². The Kier molecular flexibility index (Phi) is 4.43. The Morgan fingerprint density at radius 3 is 2.57 bits per heavy atom. The molecule has 5 heteroatoms. The number of hydrogen-bond donors (Lipinski definition) is 0. The third kappa shape index (κ3) is 3.00. The molecule has 1 heterocycles. The van der Waals surface area contributed by atoms with Crippen molar-refractivity contribution < 1.29 is 13.2 Å². The predicted octanol–water partition coefficient (Wildman–Crippen LogP) is 3.08. The average Bonchev–Trinajstić information content (AvgIpc) is 3.04. The van der Waals surface area contributed by atoms with E-state index < -0.39 is 10.0 Å². The second-order valence-electron chi connectivity index (χ2n) is 6.54. The molecule has 0 N–H and O–H groups in total. The van der Waals surface area contributed by atoms with E-state index in [1.807, 2.05) is 19.1 Å². The summed E-state index contributed by atoms with van der Waals surface area (Å²) in [5.41, 5.74) is 3.01. The van der Waals surface area contributed by atoms with Gasteiger partial charge in [0, 0.05) is 25.4 Å². The van der Waals surface area contributed by atoms with Crippen LogP contribution in [0.25, 0.3) is 0 Å². The minimum absolute atomic E-state index is 0.0922. The van der Waals surface area contributed by atoms with Gasteiger partial charge >= 0.3 is 0 Å². The number of Topliss-reactive ketones (excluding diaryl/α,β-unsaturated/α-hetero) is 1. The zero-order valence-corrected chi connectivity index (χ0v) is 14.5. The summed E-state index contributed by atoms with van der Waals surface area (Å²) < 4.78 is 27.1. The summed E-state index contributed by atoms with van der Waals surface area (Å²) in [6.45, 7) is 4.86. The van der Waals surface area contributed by atoms with Crippen molar-refractivity contribution in [3.05, 3.63) is 41.0 Å². The van der Waals surface area contributed by atoms with Crippen LogP contribution >= 0.6 is 0 Å². The lowest BCUT2D eigenvalue weighted by atomic mass is 10.0. The van der Waals surface area contributed by atoms with E-state index in [1.54, 1.807) is 12.1 Å². The Balaban J connectivity index is 1.86. The maximum absolute atomic E-state index is 12.8. The largest absolute Gasteiger partial charge is 0.295 e. The van der Waals surface area contributed by atoms with Crippen LogP contribution in [0.15, 0.2) is 40.3 Å². The van der Waals surface area contributed by atoms with E-state index in [4.69, 9.17) is 0 Å². The van der Waals surface area contributed by atoms with E-state index in [0.29, 0.717) is 24.4 Å². The van der Waals surface area contributed by atoms with Gasteiger partial charge in [-0.25, -0.2) is 8.42 Å². The number of carbonyl (C=O) groups excluding carboxylic acids is 1. The normalized spacial score (nSPS) is 22.0. The standard InChI is InChI=1S/C18H23NO3S/c1-3-4-5-16-17-12-19(11-14(17)10-18(16)20)23(21,22)15-8-6-13(2)7-9-15/h6-9,14H,3-5,10-12H2,1-2H3/t14-/m0/s1. The molecular weight excluding hydrogens is 310 g/mol. The molecule has 0 spiro atoms. The van der Waals surface area contributed by atoms with Gasteiger partial charge in [-0.2, -0.15) is 4.31 Å². The fourth-order valence-corrected chi connectivity index (χ4v) is 4.95. The first-order valence-corrected chi connectivity index (χ1v) is 9.69. The number of nitrogens with zero attached hydrogens (tertiary/aromatic N) is 1. The van der Waals surface area contributed by atoms with Crippen molar-refractivity contribution in [3.8, 4) is 0 Å². The molecule has 23 heavy (non-hydrogen) atoms. The highest BCUT2D eigenvalue weighted by Crippen LogP contribution is 2.39. The van der Waals surface area contributed by atoms with Gasteiger partial charge in [-0.1, -0.05) is 31.0 Å². The second kappa shape index (κ2) is 6.21. The number of sulfonamides is 1. The molecule has 0 aromatic heterocycles. The molecule has 0 unspecified atom stereocenters. The molecule has 1 aliphatic carbocycles. The van der Waals surface area contributed by atoms with Gasteiger partial charge in [0.05, 0.1) is 4.90 Å². The molecular formula is C18H23NO3S. The highest BCUT2D eigenvalue weighted by atomic mass is 32.2. The van der Waals surface area contributed by atoms with Crippen LogP contribution in [0.2, 0.25) is 0 Å². The number of fused-ring (bicyclic) bond motifs is 1. The minimum atomic E-state index is -3.47. The molecule has 0 amide bonds. The van der Waals surface area contributed by atoms with Crippen LogP contribution in [-0.4, -0.2) is 31.6 Å². The lowest BCUT2D eigenvalue weighted by Gasteiger charge is -2.17. The molecule has 2 aliphatic rings. The first kappa shape index (κ1) is 16.4. The summed E-state index contributed by atoms with van der Waals surface area (Å²) in [6, 6.07) is 6.96. The summed E-state index contributed by atoms with van der Waals surface area (Å²) in [6.07, 6.45) is 3.30. The summed E-state index contributed by atoms with van der Waals surface area (Å²) in [4.78, 5) is 12.5. The molecule has 1 aromatic rings. The first-order chi connectivity index (χ1) is 10.9. The van der Waals surface area contributed by atoms with Crippen molar-refractivity contribution in [2.75, 3.05) is 13.1 Å². The van der Waals surface area contributed by atoms with E-state index in [2.05, 4.69) is 6.92 Å². The van der Waals surface area contributed by atoms with Gasteiger partial charge < -0.3 is 0 Å². The van der Waals surface area contributed by atoms with Crippen molar-refractivity contribution in [2.24, 2.45) is 5.92 Å². The van der Waals surface area contributed by atoms with E-state index in [9.17, 15) is 13.2 Å². The Morgan fingerprint density at radius 1 is 1.22 bits per heavy atom. The second-order valence-corrected chi connectivity index (χ2v) is 8.48. The van der Waals surface area contributed by atoms with E-state index in [-0.39, 0.29) is 11.7 Å². The van der Waals surface area contributed by atoms with Crippen molar-refractivity contribution in [1.29, 1.82) is 0 Å². The van der Waals surface area contributed by atoms with Crippen LogP contribution in [0.4, 0.5) is 0 Å². The molecule has 1 atom stereocenters. The molecule has 0 bridgehead atoms. The topological polar surface area (TPSA) is 54.5 Å². The van der Waals surface area contributed by atoms with Crippen molar-refractivity contribution in [3.63, 3.8) is 0 Å². The predicted molar refractivity (Wildman–Crippen MR) is 89.6 cm³/mol. The Bertz CT molecular complexity index is 747. The fourth-order valence-electron chi connectivity index (χ4n) is 3.49. The van der Waals surface area contributed by atoms with Gasteiger partial charge in [-0.05, 0) is 43.0 Å². The first-order valence-electron chi connectivity index (χ1n) is 8.25. The van der Waals surface area contributed by atoms with Gasteiger partial charge in [0.1, 0.15) is 0 Å². The number of carbonyl (C=O) groups is 1. The number of aryl methyl sites for hydroxylation is 1. The minimum Gasteiger partial charge on any atom is -0.295 e. The van der Waals surface area contributed by atoms with Crippen molar-refractivity contribution in [2.45, 2.75) is 44.4 Å². The van der Waals surface area contributed by atoms with Gasteiger partial charge in [-0.3, -0.25) is 4.79 Å². The lowest BCUT2D eigenvalue weighted by Crippen LogP contribution is -2.29. The summed E-state index contributed by atoms with van der Waals surface area (Å²) >= 11 is 0. The molecule has 4 nitrogen and oxygen atoms in total. The van der Waals surface area contributed by atoms with Gasteiger partial charge in [0.15, 0.2) is 5.78 Å². The summed E-state index contributed by atoms with van der Waals surface area (Å²) in [5.74, 6) is 0.320. The van der Waals surface area contributed by atoms with Crippen LogP contribution in [0, 0.1) is 12.8 Å². The molecule has 0 radical (unpaired) electrons. The number of benzene rings is 1. The number of allylic oxidation sites excluding steroid dienone is 1. The third-order valence-electron chi connectivity index (χ3n) is 4.86. The number of hydrogen-bond acceptors (Lipinski definition) is 3. The smallest absolute Gasteiger partial charge is 0.243 e. The van der Waals surface area contributed by atoms with Gasteiger partial charge in [0.2, 0.25) is 10.0 Å². The van der Waals surface area contributed by atoms with Crippen LogP contribution < -0.4 is 0 Å². The summed E-state index contributed by atoms with van der Waals surface area (Å²) in [7, 11) is -3.47. The molecule has 1 fully saturated rings. The van der Waals surface area contributed by atoms with E-state index >= 15 is 0 Å². The lowest BCUT2D eigenvalue weighted by molar-refractivity contribution is -0.115. The SMILES string of the molecule is CCCCC1=C2CN(S(=O)(=O)c3ccc(C)cc3)C[C@@H]2CC1=O. The molecule has 124 valence electrons. The fraction of sp³-hybridized carbons (Fsp3) is 0.500. The number of unbranched alkanes of at least 4 members (excludes halogenated alkanes) is 1. The van der Waals surface area contributed by atoms with Crippen molar-refractivity contribution >= 4 is 15.8 Å². The van der Waals surface area contributed by atoms with Crippen molar-refractivity contribution in [1.82, 2.24) is 4.31 Å². The quantitative estimate of drug-likeness (QED) is 0.832. The van der Waals surface area contributed by atoms with Gasteiger partial charge in [0.25, 0.3) is 0 Å². The maximum atomic E-state index is 12.8. The van der Waals surface area contributed by atoms with Crippen LogP contribution in [0.3, 0.4) is 0 Å². The maximum Gasteiger partial charge on any atom is 0.243 e. The van der Waals surface area contributed by atoms with Gasteiger partial charge in [-0.15, -0.1) is 0 Å². The molecule has 1 aliphatic heterocycles. The van der Waals surface area contributed by atoms with E-state index in [1.165, 1.54) is 4.31 Å². The zero-order valence-electron chi connectivity index (χ0n) is 13.7. The molecule has 1 aromatic carbocycles. The Morgan fingerprint density at radius 2 is 1.91 bits per heavy atom. The average molecular weight is 333 g/mol. The van der Waals surface area contributed by atoms with Crippen LogP contribution in [0.5, 0.6) is 0 Å². The third-order valence-corrected chi connectivity index (χ3v) is 6.68. The monoisotopic (exact) mass is 333 g/mol. The molecule has 0 saturated carbocycles. The molecule has 1 saturated heterocycles. The number of rotatable bonds is 5. The highest BCUT2D eigenvalue weighted by molar-refractivity contribution is 7.89.